The molecule has 2 rings (SSSR count). The summed E-state index contributed by atoms with van der Waals surface area (Å²) in [4.78, 5) is 12.1. The van der Waals surface area contributed by atoms with Gasteiger partial charge in [0.2, 0.25) is 5.91 Å². The summed E-state index contributed by atoms with van der Waals surface area (Å²) >= 11 is 1.53. The largest absolute Gasteiger partial charge is 0.497 e. The molecule has 0 aliphatic carbocycles. The van der Waals surface area contributed by atoms with E-state index in [4.69, 9.17) is 4.74 Å². The molecule has 0 fully saturated rings. The first kappa shape index (κ1) is 17.5. The van der Waals surface area contributed by atoms with Gasteiger partial charge in [0, 0.05) is 6.42 Å². The first-order chi connectivity index (χ1) is 10.9. The van der Waals surface area contributed by atoms with Gasteiger partial charge in [0.1, 0.15) is 11.4 Å². The maximum Gasteiger partial charge on any atom is 0.220 e. The van der Waals surface area contributed by atoms with Crippen molar-refractivity contribution in [1.82, 2.24) is 5.32 Å². The lowest BCUT2D eigenvalue weighted by molar-refractivity contribution is -0.122. The summed E-state index contributed by atoms with van der Waals surface area (Å²) in [6, 6.07) is 9.61. The van der Waals surface area contributed by atoms with Gasteiger partial charge in [0.25, 0.3) is 0 Å². The van der Waals surface area contributed by atoms with E-state index in [-0.39, 0.29) is 18.4 Å². The van der Waals surface area contributed by atoms with Crippen LogP contribution in [0.25, 0.3) is 0 Å². The number of carbonyl (C=O) groups excluding carboxylic acids is 1. The maximum atomic E-state index is 12.1. The number of nitrogens with one attached hydrogen (secondary N) is 1. The lowest BCUT2D eigenvalue weighted by Crippen LogP contribution is -2.38. The fraction of sp³-hybridized carbons (Fsp3) is 0.389. The number of ether oxygens (including phenoxy) is 1. The maximum absolute atomic E-state index is 12.1. The Kier molecular flexibility index (Phi) is 5.80. The van der Waals surface area contributed by atoms with Gasteiger partial charge in [-0.05, 0) is 52.9 Å². The summed E-state index contributed by atoms with van der Waals surface area (Å²) < 4.78 is 5.21. The summed E-state index contributed by atoms with van der Waals surface area (Å²) in [5.41, 5.74) is 0.835. The molecule has 0 saturated heterocycles. The normalized spacial score (nSPS) is 14.8. The molecule has 0 aliphatic heterocycles. The molecule has 0 spiro atoms. The van der Waals surface area contributed by atoms with Gasteiger partial charge in [-0.3, -0.25) is 4.79 Å². The molecule has 2 unspecified atom stereocenters. The van der Waals surface area contributed by atoms with Crippen LogP contribution in [0, 0.1) is 0 Å². The second-order valence-corrected chi connectivity index (χ2v) is 6.72. The Bertz CT molecular complexity index is 637. The zero-order valence-corrected chi connectivity index (χ0v) is 14.5. The molecule has 0 saturated carbocycles. The third-order valence-corrected chi connectivity index (χ3v) is 4.61. The Morgan fingerprint density at radius 3 is 2.87 bits per heavy atom. The van der Waals surface area contributed by atoms with E-state index < -0.39 is 5.60 Å². The number of thiophene rings is 1. The van der Waals surface area contributed by atoms with Crippen LogP contribution in [0.4, 0.5) is 0 Å². The van der Waals surface area contributed by atoms with Gasteiger partial charge < -0.3 is 15.2 Å². The first-order valence-corrected chi connectivity index (χ1v) is 8.52. The molecule has 1 amide bonds. The number of amides is 1. The topological polar surface area (TPSA) is 58.6 Å². The average Bonchev–Trinajstić information content (AvgIpc) is 3.08. The van der Waals surface area contributed by atoms with Crippen molar-refractivity contribution in [3.8, 4) is 5.75 Å². The molecule has 1 heterocycles. The molecule has 0 bridgehead atoms. The highest BCUT2D eigenvalue weighted by atomic mass is 32.1. The molecule has 1 aromatic heterocycles. The molecule has 2 atom stereocenters. The van der Waals surface area contributed by atoms with Crippen molar-refractivity contribution < 1.29 is 14.6 Å². The Labute approximate surface area is 141 Å². The molecule has 2 N–H and O–H groups in total. The van der Waals surface area contributed by atoms with Crippen molar-refractivity contribution in [3.05, 3.63) is 52.2 Å². The van der Waals surface area contributed by atoms with E-state index in [2.05, 4.69) is 5.32 Å². The van der Waals surface area contributed by atoms with E-state index >= 15 is 0 Å². The van der Waals surface area contributed by atoms with Crippen LogP contribution in [0.5, 0.6) is 5.75 Å². The Morgan fingerprint density at radius 1 is 1.43 bits per heavy atom. The second-order valence-electron chi connectivity index (χ2n) is 5.94. The van der Waals surface area contributed by atoms with Crippen molar-refractivity contribution in [3.63, 3.8) is 0 Å². The van der Waals surface area contributed by atoms with Crippen molar-refractivity contribution in [2.75, 3.05) is 13.7 Å². The van der Waals surface area contributed by atoms with E-state index in [0.717, 1.165) is 16.9 Å². The van der Waals surface area contributed by atoms with Crippen molar-refractivity contribution in [1.29, 1.82) is 0 Å². The molecule has 1 aromatic carbocycles. The van der Waals surface area contributed by atoms with Gasteiger partial charge in [-0.25, -0.2) is 0 Å². The molecule has 4 nitrogen and oxygen atoms in total. The number of rotatable bonds is 7. The van der Waals surface area contributed by atoms with Crippen LogP contribution >= 0.6 is 11.3 Å². The summed E-state index contributed by atoms with van der Waals surface area (Å²) in [7, 11) is 1.63. The van der Waals surface area contributed by atoms with Gasteiger partial charge >= 0.3 is 0 Å². The van der Waals surface area contributed by atoms with Gasteiger partial charge in [0.05, 0.1) is 13.7 Å². The third-order valence-electron chi connectivity index (χ3n) is 3.93. The van der Waals surface area contributed by atoms with Crippen LogP contribution in [0.1, 0.15) is 37.3 Å². The highest BCUT2D eigenvalue weighted by Crippen LogP contribution is 2.24. The van der Waals surface area contributed by atoms with Crippen molar-refractivity contribution in [2.45, 2.75) is 31.8 Å². The van der Waals surface area contributed by atoms with Gasteiger partial charge in [-0.2, -0.15) is 11.3 Å². The molecule has 23 heavy (non-hydrogen) atoms. The first-order valence-electron chi connectivity index (χ1n) is 7.58. The minimum Gasteiger partial charge on any atom is -0.497 e. The van der Waals surface area contributed by atoms with Gasteiger partial charge in [-0.15, -0.1) is 0 Å². The smallest absolute Gasteiger partial charge is 0.220 e. The summed E-state index contributed by atoms with van der Waals surface area (Å²) in [6.07, 6.45) is 0.368. The lowest BCUT2D eigenvalue weighted by Gasteiger charge is -2.23. The quantitative estimate of drug-likeness (QED) is 0.817. The fourth-order valence-corrected chi connectivity index (χ4v) is 3.14. The van der Waals surface area contributed by atoms with E-state index in [0.29, 0.717) is 6.42 Å². The fourth-order valence-electron chi connectivity index (χ4n) is 2.36. The van der Waals surface area contributed by atoms with Crippen LogP contribution in [0.2, 0.25) is 0 Å². The Morgan fingerprint density at radius 2 is 2.22 bits per heavy atom. The van der Waals surface area contributed by atoms with Crippen molar-refractivity contribution >= 4 is 17.2 Å². The number of methoxy groups -OCH3 is 1. The molecule has 0 aliphatic rings. The number of benzene rings is 1. The molecule has 124 valence electrons. The van der Waals surface area contributed by atoms with Gasteiger partial charge in [-0.1, -0.05) is 19.1 Å². The summed E-state index contributed by atoms with van der Waals surface area (Å²) in [5, 5.41) is 17.1. The standard InChI is InChI=1S/C18H23NO3S/c1-13(14-5-4-6-16(10-14)22-3)9-17(20)19-12-18(2,21)15-7-8-23-11-15/h4-8,10-11,13,21H,9,12H2,1-3H3,(H,19,20). The van der Waals surface area contributed by atoms with E-state index in [1.807, 2.05) is 48.0 Å². The predicted molar refractivity (Wildman–Crippen MR) is 92.9 cm³/mol. The zero-order valence-electron chi connectivity index (χ0n) is 13.7. The minimum atomic E-state index is -1.05. The van der Waals surface area contributed by atoms with Crippen LogP contribution in [0.3, 0.4) is 0 Å². The Balaban J connectivity index is 1.89. The average molecular weight is 333 g/mol. The van der Waals surface area contributed by atoms with E-state index in [1.54, 1.807) is 14.0 Å². The predicted octanol–water partition coefficient (Wildman–Crippen LogP) is 3.27. The number of carbonyl (C=O) groups is 1. The highest BCUT2D eigenvalue weighted by Gasteiger charge is 2.24. The minimum absolute atomic E-state index is 0.0733. The molecule has 5 heteroatoms. The monoisotopic (exact) mass is 333 g/mol. The molecule has 2 aromatic rings. The summed E-state index contributed by atoms with van der Waals surface area (Å²) in [6.45, 7) is 3.92. The van der Waals surface area contributed by atoms with Crippen molar-refractivity contribution in [2.24, 2.45) is 0 Å². The SMILES string of the molecule is COc1cccc(C(C)CC(=O)NCC(C)(O)c2ccsc2)c1. The zero-order chi connectivity index (χ0) is 16.9. The number of hydrogen-bond donors (Lipinski definition) is 2. The number of aliphatic hydroxyl groups is 1. The van der Waals surface area contributed by atoms with Crippen LogP contribution in [-0.2, 0) is 10.4 Å². The van der Waals surface area contributed by atoms with Crippen LogP contribution in [-0.4, -0.2) is 24.7 Å². The van der Waals surface area contributed by atoms with Gasteiger partial charge in [0.15, 0.2) is 0 Å². The lowest BCUT2D eigenvalue weighted by atomic mass is 9.96. The third kappa shape index (κ3) is 4.81. The van der Waals surface area contributed by atoms with Crippen LogP contribution in [0.15, 0.2) is 41.1 Å². The molecular weight excluding hydrogens is 310 g/mol. The van der Waals surface area contributed by atoms with E-state index in [9.17, 15) is 9.90 Å². The highest BCUT2D eigenvalue weighted by molar-refractivity contribution is 7.08. The second kappa shape index (κ2) is 7.62. The number of hydrogen-bond acceptors (Lipinski definition) is 4. The molecule has 0 radical (unpaired) electrons. The van der Waals surface area contributed by atoms with Crippen LogP contribution < -0.4 is 10.1 Å². The summed E-state index contributed by atoms with van der Waals surface area (Å²) in [5.74, 6) is 0.794. The van der Waals surface area contributed by atoms with E-state index in [1.165, 1.54) is 11.3 Å². The molecular formula is C18H23NO3S. The Hall–Kier alpha value is -1.85.